The molecule has 0 aromatic heterocycles. The average Bonchev–Trinajstić information content (AvgIpc) is 3.34. The molecule has 2 saturated carbocycles. The second kappa shape index (κ2) is 6.64. The number of rotatable bonds is 4. The summed E-state index contributed by atoms with van der Waals surface area (Å²) in [5.74, 6) is 2.77. The molecule has 0 amide bonds. The molecule has 2 fully saturated rings. The Morgan fingerprint density at radius 1 is 0.615 bits per heavy atom. The Hall–Kier alpha value is -2.54. The summed E-state index contributed by atoms with van der Waals surface area (Å²) >= 11 is 0. The van der Waals surface area contributed by atoms with Crippen molar-refractivity contribution in [2.75, 3.05) is 5.32 Å². The predicted molar refractivity (Wildman–Crippen MR) is 110 cm³/mol. The van der Waals surface area contributed by atoms with Crippen LogP contribution in [0.3, 0.4) is 0 Å². The first kappa shape index (κ1) is 15.7. The molecule has 0 aliphatic heterocycles. The van der Waals surface area contributed by atoms with Crippen LogP contribution >= 0.6 is 0 Å². The van der Waals surface area contributed by atoms with Crippen LogP contribution in [0.1, 0.15) is 37.2 Å². The van der Waals surface area contributed by atoms with E-state index in [1.165, 1.54) is 42.5 Å². The molecule has 3 aromatic carbocycles. The van der Waals surface area contributed by atoms with Crippen LogP contribution in [0, 0.1) is 11.8 Å². The summed E-state index contributed by atoms with van der Waals surface area (Å²) < 4.78 is 0. The quantitative estimate of drug-likeness (QED) is 0.539. The predicted octanol–water partition coefficient (Wildman–Crippen LogP) is 7.00. The first-order valence-electron chi connectivity index (χ1n) is 9.87. The molecular formula is C25H25N. The lowest BCUT2D eigenvalue weighted by Gasteiger charge is -2.22. The Balaban J connectivity index is 1.28. The van der Waals surface area contributed by atoms with Crippen LogP contribution in [0.5, 0.6) is 0 Å². The minimum Gasteiger partial charge on any atom is -0.356 e. The topological polar surface area (TPSA) is 12.0 Å². The van der Waals surface area contributed by atoms with Gasteiger partial charge in [-0.2, -0.15) is 0 Å². The monoisotopic (exact) mass is 339 g/mol. The summed E-state index contributed by atoms with van der Waals surface area (Å²) in [5, 5.41) is 3.53. The van der Waals surface area contributed by atoms with E-state index in [2.05, 4.69) is 84.2 Å². The van der Waals surface area contributed by atoms with Gasteiger partial charge in [-0.3, -0.25) is 0 Å². The smallest absolute Gasteiger partial charge is 0.0384 e. The molecule has 5 rings (SSSR count). The number of fused-ring (bicyclic) bond motifs is 2. The third-order valence-corrected chi connectivity index (χ3v) is 6.36. The highest BCUT2D eigenvalue weighted by atomic mass is 14.9. The third-order valence-electron chi connectivity index (χ3n) is 6.36. The fourth-order valence-electron chi connectivity index (χ4n) is 5.01. The molecular weight excluding hydrogens is 314 g/mol. The number of hydrogen-bond acceptors (Lipinski definition) is 1. The van der Waals surface area contributed by atoms with E-state index < -0.39 is 0 Å². The number of anilines is 2. The van der Waals surface area contributed by atoms with E-state index in [1.807, 2.05) is 0 Å². The molecule has 2 bridgehead atoms. The minimum absolute atomic E-state index is 0.813. The normalized spacial score (nSPS) is 23.9. The first-order chi connectivity index (χ1) is 12.8. The molecule has 0 saturated heterocycles. The molecule has 26 heavy (non-hydrogen) atoms. The summed E-state index contributed by atoms with van der Waals surface area (Å²) in [4.78, 5) is 0. The van der Waals surface area contributed by atoms with Crippen LogP contribution in [-0.4, -0.2) is 0 Å². The summed E-state index contributed by atoms with van der Waals surface area (Å²) in [7, 11) is 0. The molecule has 3 aromatic rings. The Morgan fingerprint density at radius 2 is 1.27 bits per heavy atom. The van der Waals surface area contributed by atoms with E-state index in [4.69, 9.17) is 0 Å². The van der Waals surface area contributed by atoms with Gasteiger partial charge in [-0.25, -0.2) is 0 Å². The molecule has 1 heteroatoms. The number of nitrogens with one attached hydrogen (secondary N) is 1. The van der Waals surface area contributed by atoms with Crippen molar-refractivity contribution in [2.45, 2.75) is 31.6 Å². The third kappa shape index (κ3) is 3.03. The Morgan fingerprint density at radius 3 is 1.88 bits per heavy atom. The first-order valence-corrected chi connectivity index (χ1v) is 9.87. The van der Waals surface area contributed by atoms with Gasteiger partial charge in [-0.1, -0.05) is 61.0 Å². The Kier molecular flexibility index (Phi) is 4.01. The SMILES string of the molecule is c1ccc(-c2ccc(Nc3ccc(C4CC5CCC4C5)cc3)cc2)cc1. The van der Waals surface area contributed by atoms with E-state index in [9.17, 15) is 0 Å². The van der Waals surface area contributed by atoms with Crippen molar-refractivity contribution < 1.29 is 0 Å². The standard InChI is InChI=1S/C25H25N/c1-2-4-19(5-3-1)20-8-12-23(13-9-20)26-24-14-10-21(11-15-24)25-17-18-6-7-22(25)16-18/h1-5,8-15,18,22,25-26H,6-7,16-17H2. The zero-order chi connectivity index (χ0) is 17.3. The molecule has 1 nitrogen and oxygen atoms in total. The van der Waals surface area contributed by atoms with Crippen LogP contribution in [0.15, 0.2) is 78.9 Å². The maximum absolute atomic E-state index is 3.53. The maximum atomic E-state index is 3.53. The van der Waals surface area contributed by atoms with Crippen molar-refractivity contribution in [1.29, 1.82) is 0 Å². The highest BCUT2D eigenvalue weighted by Crippen LogP contribution is 2.52. The van der Waals surface area contributed by atoms with Gasteiger partial charge in [0.25, 0.3) is 0 Å². The fraction of sp³-hybridized carbons (Fsp3) is 0.280. The lowest BCUT2D eigenvalue weighted by atomic mass is 9.83. The number of benzene rings is 3. The lowest BCUT2D eigenvalue weighted by Crippen LogP contribution is -2.08. The molecule has 3 unspecified atom stereocenters. The zero-order valence-corrected chi connectivity index (χ0v) is 15.1. The van der Waals surface area contributed by atoms with Crippen LogP contribution < -0.4 is 5.32 Å². The van der Waals surface area contributed by atoms with E-state index in [0.717, 1.165) is 23.4 Å². The summed E-state index contributed by atoms with van der Waals surface area (Å²) in [6.07, 6.45) is 5.81. The van der Waals surface area contributed by atoms with Gasteiger partial charge in [0, 0.05) is 11.4 Å². The van der Waals surface area contributed by atoms with Crippen molar-refractivity contribution in [3.8, 4) is 11.1 Å². The molecule has 1 N–H and O–H groups in total. The van der Waals surface area contributed by atoms with E-state index >= 15 is 0 Å². The van der Waals surface area contributed by atoms with Gasteiger partial charge < -0.3 is 5.32 Å². The van der Waals surface area contributed by atoms with Gasteiger partial charge in [-0.15, -0.1) is 0 Å². The summed E-state index contributed by atoms with van der Waals surface area (Å²) in [6, 6.07) is 28.4. The van der Waals surface area contributed by atoms with Crippen LogP contribution in [0.25, 0.3) is 11.1 Å². The van der Waals surface area contributed by atoms with E-state index in [1.54, 1.807) is 5.56 Å². The Labute approximate surface area is 156 Å². The van der Waals surface area contributed by atoms with Crippen molar-refractivity contribution >= 4 is 11.4 Å². The molecule has 2 aliphatic rings. The fourth-order valence-corrected chi connectivity index (χ4v) is 5.01. The summed E-state index contributed by atoms with van der Waals surface area (Å²) in [6.45, 7) is 0. The van der Waals surface area contributed by atoms with Gasteiger partial charge in [0.2, 0.25) is 0 Å². The van der Waals surface area contributed by atoms with Crippen molar-refractivity contribution in [2.24, 2.45) is 11.8 Å². The van der Waals surface area contributed by atoms with Crippen molar-refractivity contribution in [3.63, 3.8) is 0 Å². The zero-order valence-electron chi connectivity index (χ0n) is 15.1. The number of hydrogen-bond donors (Lipinski definition) is 1. The highest BCUT2D eigenvalue weighted by molar-refractivity contribution is 5.68. The molecule has 0 heterocycles. The highest BCUT2D eigenvalue weighted by Gasteiger charge is 2.39. The van der Waals surface area contributed by atoms with Gasteiger partial charge >= 0.3 is 0 Å². The maximum Gasteiger partial charge on any atom is 0.0384 e. The van der Waals surface area contributed by atoms with Crippen molar-refractivity contribution in [1.82, 2.24) is 0 Å². The average molecular weight is 339 g/mol. The van der Waals surface area contributed by atoms with Gasteiger partial charge in [0.05, 0.1) is 0 Å². The molecule has 0 radical (unpaired) electrons. The molecule has 130 valence electrons. The second-order valence-corrected chi connectivity index (χ2v) is 7.97. The van der Waals surface area contributed by atoms with Crippen LogP contribution in [0.4, 0.5) is 11.4 Å². The van der Waals surface area contributed by atoms with Crippen molar-refractivity contribution in [3.05, 3.63) is 84.4 Å². The molecule has 3 atom stereocenters. The van der Waals surface area contributed by atoms with Gasteiger partial charge in [0.15, 0.2) is 0 Å². The van der Waals surface area contributed by atoms with Gasteiger partial charge in [-0.05, 0) is 78.0 Å². The lowest BCUT2D eigenvalue weighted by molar-refractivity contribution is 0.420. The minimum atomic E-state index is 0.813. The molecule has 2 aliphatic carbocycles. The van der Waals surface area contributed by atoms with E-state index in [-0.39, 0.29) is 0 Å². The summed E-state index contributed by atoms with van der Waals surface area (Å²) in [5.41, 5.74) is 6.36. The second-order valence-electron chi connectivity index (χ2n) is 7.97. The Bertz CT molecular complexity index is 864. The molecule has 0 spiro atoms. The van der Waals surface area contributed by atoms with Gasteiger partial charge in [0.1, 0.15) is 0 Å². The van der Waals surface area contributed by atoms with Crippen LogP contribution in [-0.2, 0) is 0 Å². The largest absolute Gasteiger partial charge is 0.356 e. The van der Waals surface area contributed by atoms with E-state index in [0.29, 0.717) is 0 Å². The van der Waals surface area contributed by atoms with Crippen LogP contribution in [0.2, 0.25) is 0 Å².